The first-order valence-electron chi connectivity index (χ1n) is 2.83. The molecule has 1 radical (unpaired) electrons. The predicted molar refractivity (Wildman–Crippen MR) is 48.6 cm³/mol. The SMILES string of the molecule is O=[C]N(Br)c1cccc(Cl)c1. The Bertz CT molecular complexity index is 266. The summed E-state index contributed by atoms with van der Waals surface area (Å²) >= 11 is 8.64. The van der Waals surface area contributed by atoms with Gasteiger partial charge in [-0.15, -0.1) is 0 Å². The highest BCUT2D eigenvalue weighted by Crippen LogP contribution is 2.20. The molecule has 1 amide bonds. The van der Waals surface area contributed by atoms with Crippen LogP contribution in [0, 0.1) is 0 Å². The molecule has 1 rings (SSSR count). The van der Waals surface area contributed by atoms with E-state index in [-0.39, 0.29) is 0 Å². The minimum atomic E-state index is 0.585. The Morgan fingerprint density at radius 2 is 2.27 bits per heavy atom. The lowest BCUT2D eigenvalue weighted by Gasteiger charge is -2.05. The third kappa shape index (κ3) is 2.20. The molecule has 0 saturated heterocycles. The van der Waals surface area contributed by atoms with Crippen LogP contribution in [0.4, 0.5) is 5.69 Å². The summed E-state index contributed by atoms with van der Waals surface area (Å²) in [5.74, 6) is 0. The molecular weight excluding hydrogens is 229 g/mol. The van der Waals surface area contributed by atoms with Crippen LogP contribution in [0.15, 0.2) is 24.3 Å². The van der Waals surface area contributed by atoms with Crippen LogP contribution in [0.25, 0.3) is 0 Å². The summed E-state index contributed by atoms with van der Waals surface area (Å²) in [6, 6.07) is 6.88. The van der Waals surface area contributed by atoms with Crippen molar-refractivity contribution in [1.29, 1.82) is 0 Å². The summed E-state index contributed by atoms with van der Waals surface area (Å²) in [6.45, 7) is 0. The van der Waals surface area contributed by atoms with E-state index in [4.69, 9.17) is 11.6 Å². The van der Waals surface area contributed by atoms with Gasteiger partial charge in [0.05, 0.1) is 21.8 Å². The van der Waals surface area contributed by atoms with Crippen LogP contribution in [-0.4, -0.2) is 6.41 Å². The molecule has 0 aromatic heterocycles. The van der Waals surface area contributed by atoms with Gasteiger partial charge in [-0.2, -0.15) is 0 Å². The molecule has 0 unspecified atom stereocenters. The average Bonchev–Trinajstić information content (AvgIpc) is 2.03. The van der Waals surface area contributed by atoms with Crippen molar-refractivity contribution in [2.24, 2.45) is 0 Å². The fraction of sp³-hybridized carbons (Fsp3) is 0. The third-order valence-electron chi connectivity index (χ3n) is 1.12. The van der Waals surface area contributed by atoms with E-state index in [1.54, 1.807) is 30.7 Å². The van der Waals surface area contributed by atoms with E-state index in [9.17, 15) is 4.79 Å². The molecule has 0 aliphatic heterocycles. The molecular formula is C7H4BrClNO. The van der Waals surface area contributed by atoms with Crippen molar-refractivity contribution in [3.05, 3.63) is 29.3 Å². The maximum atomic E-state index is 10.1. The van der Waals surface area contributed by atoms with Gasteiger partial charge in [-0.3, -0.25) is 4.79 Å². The van der Waals surface area contributed by atoms with Crippen molar-refractivity contribution in [2.75, 3.05) is 3.93 Å². The molecule has 4 heteroatoms. The first-order valence-corrected chi connectivity index (χ1v) is 3.92. The van der Waals surface area contributed by atoms with Gasteiger partial charge in [0.2, 0.25) is 0 Å². The zero-order chi connectivity index (χ0) is 8.27. The van der Waals surface area contributed by atoms with Gasteiger partial charge >= 0.3 is 6.41 Å². The second kappa shape index (κ2) is 3.74. The molecule has 1 aromatic rings. The third-order valence-corrected chi connectivity index (χ3v) is 1.90. The van der Waals surface area contributed by atoms with Gasteiger partial charge in [0, 0.05) is 5.02 Å². The van der Waals surface area contributed by atoms with Crippen LogP contribution in [0.5, 0.6) is 0 Å². The highest BCUT2D eigenvalue weighted by atomic mass is 79.9. The summed E-state index contributed by atoms with van der Waals surface area (Å²) in [5.41, 5.74) is 0.660. The first-order chi connectivity index (χ1) is 5.24. The van der Waals surface area contributed by atoms with Crippen LogP contribution in [0.1, 0.15) is 0 Å². The fourth-order valence-corrected chi connectivity index (χ4v) is 1.06. The van der Waals surface area contributed by atoms with Crippen LogP contribution < -0.4 is 3.93 Å². The van der Waals surface area contributed by atoms with Gasteiger partial charge in [-0.25, -0.2) is 3.93 Å². The van der Waals surface area contributed by atoms with Gasteiger partial charge in [0.15, 0.2) is 0 Å². The first kappa shape index (κ1) is 8.56. The number of hydrogen-bond acceptors (Lipinski definition) is 1. The van der Waals surface area contributed by atoms with Crippen LogP contribution >= 0.6 is 27.7 Å². The van der Waals surface area contributed by atoms with Crippen molar-refractivity contribution in [1.82, 2.24) is 0 Å². The van der Waals surface area contributed by atoms with E-state index in [1.165, 1.54) is 0 Å². The highest BCUT2D eigenvalue weighted by Gasteiger charge is 2.00. The minimum absolute atomic E-state index is 0.585. The number of benzene rings is 1. The van der Waals surface area contributed by atoms with Gasteiger partial charge in [0.25, 0.3) is 0 Å². The maximum absolute atomic E-state index is 10.1. The molecule has 0 saturated carbocycles. The molecule has 0 atom stereocenters. The molecule has 11 heavy (non-hydrogen) atoms. The largest absolute Gasteiger partial charge is 0.327 e. The lowest BCUT2D eigenvalue weighted by Crippen LogP contribution is -2.04. The van der Waals surface area contributed by atoms with Crippen molar-refractivity contribution in [3.8, 4) is 0 Å². The zero-order valence-corrected chi connectivity index (χ0v) is 7.76. The normalized spacial score (nSPS) is 9.27. The fourth-order valence-electron chi connectivity index (χ4n) is 0.651. The van der Waals surface area contributed by atoms with Gasteiger partial charge in [0.1, 0.15) is 0 Å². The number of carbonyl (C=O) groups excluding carboxylic acids is 1. The summed E-state index contributed by atoms with van der Waals surface area (Å²) in [4.78, 5) is 10.1. The molecule has 0 bridgehead atoms. The molecule has 0 aliphatic carbocycles. The molecule has 0 heterocycles. The number of hydrogen-bond donors (Lipinski definition) is 0. The maximum Gasteiger partial charge on any atom is 0.327 e. The Morgan fingerprint density at radius 1 is 1.55 bits per heavy atom. The van der Waals surface area contributed by atoms with E-state index in [2.05, 4.69) is 16.1 Å². The Balaban J connectivity index is 2.95. The molecule has 0 spiro atoms. The second-order valence-electron chi connectivity index (χ2n) is 1.85. The minimum Gasteiger partial charge on any atom is -0.262 e. The average molecular weight is 233 g/mol. The Morgan fingerprint density at radius 3 is 2.82 bits per heavy atom. The monoisotopic (exact) mass is 232 g/mol. The zero-order valence-electron chi connectivity index (χ0n) is 5.42. The number of rotatable bonds is 2. The number of anilines is 1. The summed E-state index contributed by atoms with van der Waals surface area (Å²) < 4.78 is 1.15. The molecule has 0 N–H and O–H groups in total. The van der Waals surface area contributed by atoms with Gasteiger partial charge < -0.3 is 0 Å². The molecule has 0 fully saturated rings. The Kier molecular flexibility index (Phi) is 2.91. The Labute approximate surface area is 78.1 Å². The van der Waals surface area contributed by atoms with Crippen molar-refractivity contribution in [3.63, 3.8) is 0 Å². The number of nitrogens with zero attached hydrogens (tertiary/aromatic N) is 1. The summed E-state index contributed by atoms with van der Waals surface area (Å²) in [5, 5.41) is 0.585. The Hall–Kier alpha value is -0.540. The standard InChI is InChI=1S/C7H4BrClNO/c8-10(5-11)7-3-1-2-6(9)4-7/h1-4H. The van der Waals surface area contributed by atoms with E-state index < -0.39 is 0 Å². The second-order valence-corrected chi connectivity index (χ2v) is 3.00. The molecule has 1 aromatic carbocycles. The van der Waals surface area contributed by atoms with Crippen molar-refractivity contribution < 1.29 is 4.79 Å². The quantitative estimate of drug-likeness (QED) is 0.568. The van der Waals surface area contributed by atoms with Crippen LogP contribution in [-0.2, 0) is 4.79 Å². The van der Waals surface area contributed by atoms with E-state index in [0.29, 0.717) is 10.7 Å². The highest BCUT2D eigenvalue weighted by molar-refractivity contribution is 9.10. The van der Waals surface area contributed by atoms with Gasteiger partial charge in [-0.05, 0) is 18.2 Å². The topological polar surface area (TPSA) is 20.3 Å². The van der Waals surface area contributed by atoms with Crippen molar-refractivity contribution >= 4 is 39.8 Å². The van der Waals surface area contributed by atoms with Crippen molar-refractivity contribution in [2.45, 2.75) is 0 Å². The van der Waals surface area contributed by atoms with Crippen LogP contribution in [0.3, 0.4) is 0 Å². The predicted octanol–water partition coefficient (Wildman–Crippen LogP) is 2.52. The number of amides is 1. The van der Waals surface area contributed by atoms with Crippen LogP contribution in [0.2, 0.25) is 5.02 Å². The lowest BCUT2D eigenvalue weighted by molar-refractivity contribution is 0.558. The molecule has 57 valence electrons. The summed E-state index contributed by atoms with van der Waals surface area (Å²) in [6.07, 6.45) is 1.65. The number of halogens is 2. The summed E-state index contributed by atoms with van der Waals surface area (Å²) in [7, 11) is 0. The van der Waals surface area contributed by atoms with Gasteiger partial charge in [-0.1, -0.05) is 17.7 Å². The van der Waals surface area contributed by atoms with E-state index >= 15 is 0 Å². The van der Waals surface area contributed by atoms with E-state index in [1.807, 2.05) is 0 Å². The smallest absolute Gasteiger partial charge is 0.262 e. The van der Waals surface area contributed by atoms with E-state index in [0.717, 1.165) is 3.93 Å². The lowest BCUT2D eigenvalue weighted by atomic mass is 10.3. The molecule has 0 aliphatic rings. The molecule has 2 nitrogen and oxygen atoms in total.